The second-order valence-electron chi connectivity index (χ2n) is 7.44. The summed E-state index contributed by atoms with van der Waals surface area (Å²) in [7, 11) is 1.62. The van der Waals surface area contributed by atoms with Gasteiger partial charge in [-0.2, -0.15) is 0 Å². The van der Waals surface area contributed by atoms with E-state index >= 15 is 0 Å². The quantitative estimate of drug-likeness (QED) is 0.516. The molecule has 0 aliphatic carbocycles. The number of halogens is 1. The van der Waals surface area contributed by atoms with Crippen molar-refractivity contribution in [3.8, 4) is 5.75 Å². The topological polar surface area (TPSA) is 86.2 Å². The Morgan fingerprint density at radius 1 is 1.19 bits per heavy atom. The number of aryl methyl sites for hydroxylation is 1. The lowest BCUT2D eigenvalue weighted by molar-refractivity contribution is -0.120. The van der Waals surface area contributed by atoms with Gasteiger partial charge in [0.15, 0.2) is 5.75 Å². The molecule has 2 atom stereocenters. The van der Waals surface area contributed by atoms with E-state index in [4.69, 9.17) is 9.47 Å². The van der Waals surface area contributed by atoms with E-state index in [1.165, 1.54) is 12.1 Å². The normalized spacial score (nSPS) is 12.8. The number of rotatable bonds is 10. The van der Waals surface area contributed by atoms with Gasteiger partial charge in [0.25, 0.3) is 0 Å². The van der Waals surface area contributed by atoms with Crippen LogP contribution in [0.25, 0.3) is 0 Å². The van der Waals surface area contributed by atoms with Crippen LogP contribution in [-0.4, -0.2) is 41.2 Å². The summed E-state index contributed by atoms with van der Waals surface area (Å²) >= 11 is 0. The second kappa shape index (κ2) is 11.3. The Labute approximate surface area is 187 Å². The first-order valence-corrected chi connectivity index (χ1v) is 10.4. The van der Waals surface area contributed by atoms with Gasteiger partial charge in [0.1, 0.15) is 17.5 Å². The molecule has 1 amide bonds. The molecule has 8 heteroatoms. The summed E-state index contributed by atoms with van der Waals surface area (Å²) in [6, 6.07) is 11.5. The maximum atomic E-state index is 14.0. The highest BCUT2D eigenvalue weighted by Crippen LogP contribution is 2.28. The number of nitrogens with zero attached hydrogens (tertiary/aromatic N) is 3. The number of aromatic nitrogens is 3. The molecule has 2 heterocycles. The van der Waals surface area contributed by atoms with Gasteiger partial charge in [-0.05, 0) is 36.8 Å². The summed E-state index contributed by atoms with van der Waals surface area (Å²) in [4.78, 5) is 25.7. The Kier molecular flexibility index (Phi) is 8.21. The largest absolute Gasteiger partial charge is 0.489 e. The van der Waals surface area contributed by atoms with Crippen LogP contribution in [0.15, 0.2) is 54.9 Å². The van der Waals surface area contributed by atoms with Crippen molar-refractivity contribution in [2.75, 3.05) is 25.6 Å². The average molecular weight is 439 g/mol. The van der Waals surface area contributed by atoms with Gasteiger partial charge in [0.2, 0.25) is 5.91 Å². The molecule has 0 saturated heterocycles. The first kappa shape index (κ1) is 23.3. The summed E-state index contributed by atoms with van der Waals surface area (Å²) in [6.45, 7) is 4.23. The van der Waals surface area contributed by atoms with Gasteiger partial charge in [0, 0.05) is 31.6 Å². The van der Waals surface area contributed by atoms with Gasteiger partial charge >= 0.3 is 0 Å². The number of amides is 1. The minimum absolute atomic E-state index is 0.145. The number of benzene rings is 1. The predicted octanol–water partition coefficient (Wildman–Crippen LogP) is 3.95. The van der Waals surface area contributed by atoms with Gasteiger partial charge in [-0.1, -0.05) is 25.1 Å². The number of hydrogen-bond acceptors (Lipinski definition) is 6. The van der Waals surface area contributed by atoms with Crippen molar-refractivity contribution in [1.82, 2.24) is 15.0 Å². The highest BCUT2D eigenvalue weighted by molar-refractivity contribution is 5.92. The first-order valence-electron chi connectivity index (χ1n) is 10.4. The summed E-state index contributed by atoms with van der Waals surface area (Å²) in [5, 5.41) is 2.81. The molecule has 0 fully saturated rings. The molecule has 0 saturated carbocycles. The second-order valence-corrected chi connectivity index (χ2v) is 7.44. The van der Waals surface area contributed by atoms with Crippen LogP contribution < -0.4 is 10.1 Å². The Hall–Kier alpha value is -3.39. The molecule has 3 aromatic rings. The lowest BCUT2D eigenvalue weighted by Gasteiger charge is -2.24. The molecular formula is C24H27FN4O3. The number of carbonyl (C=O) groups excluding carboxylic acids is 1. The van der Waals surface area contributed by atoms with E-state index in [1.54, 1.807) is 63.7 Å². The van der Waals surface area contributed by atoms with Crippen LogP contribution in [0.4, 0.5) is 10.2 Å². The van der Waals surface area contributed by atoms with Crippen molar-refractivity contribution < 1.29 is 18.7 Å². The van der Waals surface area contributed by atoms with E-state index in [9.17, 15) is 9.18 Å². The zero-order chi connectivity index (χ0) is 22.9. The lowest BCUT2D eigenvalue weighted by atomic mass is 9.87. The molecular weight excluding hydrogens is 411 g/mol. The lowest BCUT2D eigenvalue weighted by Crippen LogP contribution is -2.29. The van der Waals surface area contributed by atoms with E-state index in [0.717, 1.165) is 5.69 Å². The van der Waals surface area contributed by atoms with Crippen molar-refractivity contribution in [3.05, 3.63) is 77.8 Å². The van der Waals surface area contributed by atoms with E-state index < -0.39 is 11.8 Å². The molecule has 32 heavy (non-hydrogen) atoms. The SMILES string of the molecule is COCCc1nc(C)ncc1OCC(c1cccc(F)c1)[C@@H](C)C(=O)Nc1ccccn1. The summed E-state index contributed by atoms with van der Waals surface area (Å²) in [5.74, 6) is 0.0703. The Morgan fingerprint density at radius 3 is 2.75 bits per heavy atom. The maximum Gasteiger partial charge on any atom is 0.229 e. The number of nitrogens with one attached hydrogen (secondary N) is 1. The van der Waals surface area contributed by atoms with Gasteiger partial charge in [0.05, 0.1) is 25.1 Å². The molecule has 3 rings (SSSR count). The van der Waals surface area contributed by atoms with Crippen LogP contribution in [0.5, 0.6) is 5.75 Å². The zero-order valence-corrected chi connectivity index (χ0v) is 18.4. The third-order valence-electron chi connectivity index (χ3n) is 5.12. The third-order valence-corrected chi connectivity index (χ3v) is 5.12. The Morgan fingerprint density at radius 2 is 2.03 bits per heavy atom. The van der Waals surface area contributed by atoms with E-state index in [1.807, 2.05) is 0 Å². The van der Waals surface area contributed by atoms with Crippen LogP contribution in [-0.2, 0) is 16.0 Å². The minimum atomic E-state index is -0.521. The number of pyridine rings is 1. The Bertz CT molecular complexity index is 1030. The molecule has 0 aliphatic heterocycles. The predicted molar refractivity (Wildman–Crippen MR) is 119 cm³/mol. The molecule has 168 valence electrons. The fourth-order valence-corrected chi connectivity index (χ4v) is 3.31. The number of methoxy groups -OCH3 is 1. The Balaban J connectivity index is 1.82. The molecule has 0 radical (unpaired) electrons. The van der Waals surface area contributed by atoms with E-state index in [-0.39, 0.29) is 18.3 Å². The van der Waals surface area contributed by atoms with Gasteiger partial charge < -0.3 is 14.8 Å². The van der Waals surface area contributed by atoms with Crippen molar-refractivity contribution >= 4 is 11.7 Å². The van der Waals surface area contributed by atoms with Crippen LogP contribution in [0, 0.1) is 18.7 Å². The molecule has 0 spiro atoms. The van der Waals surface area contributed by atoms with Gasteiger partial charge in [-0.3, -0.25) is 4.79 Å². The molecule has 1 unspecified atom stereocenters. The van der Waals surface area contributed by atoms with E-state index in [2.05, 4.69) is 20.3 Å². The van der Waals surface area contributed by atoms with E-state index in [0.29, 0.717) is 36.0 Å². The van der Waals surface area contributed by atoms with Crippen LogP contribution in [0.3, 0.4) is 0 Å². The van der Waals surface area contributed by atoms with Crippen molar-refractivity contribution in [2.24, 2.45) is 5.92 Å². The summed E-state index contributed by atoms with van der Waals surface area (Å²) in [6.07, 6.45) is 3.79. The first-order chi connectivity index (χ1) is 15.5. The van der Waals surface area contributed by atoms with Crippen LogP contribution in [0.1, 0.15) is 29.9 Å². The standard InChI is InChI=1S/C24H27FN4O3/c1-16(24(30)29-23-9-4-5-11-26-23)20(18-7-6-8-19(25)13-18)15-32-22-14-27-17(2)28-21(22)10-12-31-3/h4-9,11,13-14,16,20H,10,12,15H2,1-3H3,(H,26,29,30)/t16-,20?/m1/s1. The number of ether oxygens (including phenoxy) is 2. The average Bonchev–Trinajstić information content (AvgIpc) is 2.79. The summed E-state index contributed by atoms with van der Waals surface area (Å²) in [5.41, 5.74) is 1.39. The summed E-state index contributed by atoms with van der Waals surface area (Å²) < 4.78 is 25.2. The highest BCUT2D eigenvalue weighted by atomic mass is 19.1. The van der Waals surface area contributed by atoms with Gasteiger partial charge in [-0.15, -0.1) is 0 Å². The fourth-order valence-electron chi connectivity index (χ4n) is 3.31. The zero-order valence-electron chi connectivity index (χ0n) is 18.4. The molecule has 2 aromatic heterocycles. The van der Waals surface area contributed by atoms with Crippen LogP contribution >= 0.6 is 0 Å². The fraction of sp³-hybridized carbons (Fsp3) is 0.333. The van der Waals surface area contributed by atoms with Gasteiger partial charge in [-0.25, -0.2) is 19.3 Å². The molecule has 0 bridgehead atoms. The smallest absolute Gasteiger partial charge is 0.229 e. The number of hydrogen-bond donors (Lipinski definition) is 1. The highest BCUT2D eigenvalue weighted by Gasteiger charge is 2.27. The molecule has 1 N–H and O–H groups in total. The van der Waals surface area contributed by atoms with Crippen molar-refractivity contribution in [1.29, 1.82) is 0 Å². The number of anilines is 1. The maximum absolute atomic E-state index is 14.0. The van der Waals surface area contributed by atoms with Crippen molar-refractivity contribution in [2.45, 2.75) is 26.2 Å². The molecule has 7 nitrogen and oxygen atoms in total. The molecule has 1 aromatic carbocycles. The van der Waals surface area contributed by atoms with Crippen LogP contribution in [0.2, 0.25) is 0 Å². The third kappa shape index (κ3) is 6.31. The monoisotopic (exact) mass is 438 g/mol. The number of carbonyl (C=O) groups is 1. The van der Waals surface area contributed by atoms with Crippen molar-refractivity contribution in [3.63, 3.8) is 0 Å². The molecule has 0 aliphatic rings. The minimum Gasteiger partial charge on any atom is -0.489 e.